The summed E-state index contributed by atoms with van der Waals surface area (Å²) in [7, 11) is 0. The van der Waals surface area contributed by atoms with E-state index in [9.17, 15) is 0 Å². The van der Waals surface area contributed by atoms with Crippen LogP contribution in [-0.4, -0.2) is 44.5 Å². The fourth-order valence-electron chi connectivity index (χ4n) is 1.60. The van der Waals surface area contributed by atoms with E-state index in [-0.39, 0.29) is 0 Å². The van der Waals surface area contributed by atoms with Crippen LogP contribution >= 0.6 is 27.5 Å². The lowest BCUT2D eigenvalue weighted by Gasteiger charge is -2.24. The standard InChI is InChI=1S/C13H20BrClN2O2/c1-3-18-7-5-17(6-8-19-4-2)13-12(14)9-11(15)10-16-13/h9-10H,3-8H2,1-2H3. The summed E-state index contributed by atoms with van der Waals surface area (Å²) in [4.78, 5) is 6.50. The molecular weight excluding hydrogens is 332 g/mol. The van der Waals surface area contributed by atoms with Crippen molar-refractivity contribution in [2.45, 2.75) is 13.8 Å². The van der Waals surface area contributed by atoms with Crippen molar-refractivity contribution in [3.05, 3.63) is 21.8 Å². The van der Waals surface area contributed by atoms with Crippen LogP contribution in [0.25, 0.3) is 0 Å². The van der Waals surface area contributed by atoms with Gasteiger partial charge in [0.25, 0.3) is 0 Å². The molecule has 0 aromatic carbocycles. The van der Waals surface area contributed by atoms with E-state index in [4.69, 9.17) is 21.1 Å². The molecule has 0 fully saturated rings. The second kappa shape index (κ2) is 9.53. The number of pyridine rings is 1. The lowest BCUT2D eigenvalue weighted by Crippen LogP contribution is -2.32. The Morgan fingerprint density at radius 2 is 1.79 bits per heavy atom. The van der Waals surface area contributed by atoms with Gasteiger partial charge in [0.2, 0.25) is 0 Å². The number of hydrogen-bond donors (Lipinski definition) is 0. The van der Waals surface area contributed by atoms with Gasteiger partial charge in [-0.05, 0) is 35.8 Å². The maximum atomic E-state index is 5.91. The zero-order chi connectivity index (χ0) is 14.1. The molecular formula is C13H20BrClN2O2. The summed E-state index contributed by atoms with van der Waals surface area (Å²) in [5.41, 5.74) is 0. The van der Waals surface area contributed by atoms with Gasteiger partial charge in [-0.25, -0.2) is 4.98 Å². The van der Waals surface area contributed by atoms with Gasteiger partial charge >= 0.3 is 0 Å². The van der Waals surface area contributed by atoms with E-state index < -0.39 is 0 Å². The zero-order valence-corrected chi connectivity index (χ0v) is 13.7. The fraction of sp³-hybridized carbons (Fsp3) is 0.615. The van der Waals surface area contributed by atoms with Crippen molar-refractivity contribution in [1.29, 1.82) is 0 Å². The average molecular weight is 352 g/mol. The molecule has 0 amide bonds. The van der Waals surface area contributed by atoms with Crippen molar-refractivity contribution < 1.29 is 9.47 Å². The molecule has 1 rings (SSSR count). The third kappa shape index (κ3) is 6.08. The monoisotopic (exact) mass is 350 g/mol. The minimum Gasteiger partial charge on any atom is -0.380 e. The molecule has 1 heterocycles. The number of aromatic nitrogens is 1. The molecule has 4 nitrogen and oxygen atoms in total. The molecule has 0 aliphatic carbocycles. The molecule has 0 aliphatic heterocycles. The van der Waals surface area contributed by atoms with Crippen LogP contribution in [0.1, 0.15) is 13.8 Å². The minimum absolute atomic E-state index is 0.616. The molecule has 1 aromatic rings. The van der Waals surface area contributed by atoms with Gasteiger partial charge in [-0.15, -0.1) is 0 Å². The quantitative estimate of drug-likeness (QED) is 0.639. The van der Waals surface area contributed by atoms with E-state index >= 15 is 0 Å². The highest BCUT2D eigenvalue weighted by atomic mass is 79.9. The van der Waals surface area contributed by atoms with Gasteiger partial charge in [0.15, 0.2) is 0 Å². The highest BCUT2D eigenvalue weighted by Gasteiger charge is 2.12. The predicted molar refractivity (Wildman–Crippen MR) is 82.1 cm³/mol. The molecule has 108 valence electrons. The molecule has 0 unspecified atom stereocenters. The highest BCUT2D eigenvalue weighted by Crippen LogP contribution is 2.26. The Bertz CT molecular complexity index is 370. The van der Waals surface area contributed by atoms with Gasteiger partial charge < -0.3 is 14.4 Å². The van der Waals surface area contributed by atoms with E-state index in [0.717, 1.165) is 23.4 Å². The van der Waals surface area contributed by atoms with Crippen LogP contribution in [0.2, 0.25) is 5.02 Å². The fourth-order valence-corrected chi connectivity index (χ4v) is 2.49. The van der Waals surface area contributed by atoms with E-state index in [1.54, 1.807) is 6.20 Å². The topological polar surface area (TPSA) is 34.6 Å². The summed E-state index contributed by atoms with van der Waals surface area (Å²) < 4.78 is 11.7. The maximum Gasteiger partial charge on any atom is 0.143 e. The first-order valence-electron chi connectivity index (χ1n) is 6.40. The molecule has 0 saturated heterocycles. The Morgan fingerprint density at radius 3 is 2.26 bits per heavy atom. The maximum absolute atomic E-state index is 5.91. The van der Waals surface area contributed by atoms with Gasteiger partial charge in [-0.2, -0.15) is 0 Å². The van der Waals surface area contributed by atoms with Crippen LogP contribution < -0.4 is 4.90 Å². The Kier molecular flexibility index (Phi) is 8.37. The van der Waals surface area contributed by atoms with E-state index in [2.05, 4.69) is 25.8 Å². The van der Waals surface area contributed by atoms with Crippen molar-refractivity contribution in [3.63, 3.8) is 0 Å². The molecule has 6 heteroatoms. The van der Waals surface area contributed by atoms with Crippen molar-refractivity contribution in [3.8, 4) is 0 Å². The van der Waals surface area contributed by atoms with Gasteiger partial charge in [-0.1, -0.05) is 11.6 Å². The first-order valence-corrected chi connectivity index (χ1v) is 7.57. The Balaban J connectivity index is 2.69. The largest absolute Gasteiger partial charge is 0.380 e. The summed E-state index contributed by atoms with van der Waals surface area (Å²) in [6.07, 6.45) is 1.65. The van der Waals surface area contributed by atoms with E-state index in [1.165, 1.54) is 0 Å². The minimum atomic E-state index is 0.616. The number of anilines is 1. The normalized spacial score (nSPS) is 10.7. The SMILES string of the molecule is CCOCCN(CCOCC)c1ncc(Cl)cc1Br. The summed E-state index contributed by atoms with van der Waals surface area (Å²) in [6, 6.07) is 1.85. The van der Waals surface area contributed by atoms with Gasteiger partial charge in [-0.3, -0.25) is 0 Å². The molecule has 0 spiro atoms. The van der Waals surface area contributed by atoms with Crippen molar-refractivity contribution in [1.82, 2.24) is 4.98 Å². The Labute approximate surface area is 128 Å². The van der Waals surface area contributed by atoms with Crippen molar-refractivity contribution in [2.75, 3.05) is 44.4 Å². The van der Waals surface area contributed by atoms with Crippen LogP contribution in [-0.2, 0) is 9.47 Å². The number of ether oxygens (including phenoxy) is 2. The van der Waals surface area contributed by atoms with Crippen molar-refractivity contribution >= 4 is 33.3 Å². The smallest absolute Gasteiger partial charge is 0.143 e. The number of hydrogen-bond acceptors (Lipinski definition) is 4. The average Bonchev–Trinajstić information content (AvgIpc) is 2.38. The van der Waals surface area contributed by atoms with E-state index in [1.807, 2.05) is 19.9 Å². The molecule has 0 bridgehead atoms. The summed E-state index contributed by atoms with van der Waals surface area (Å²) in [5.74, 6) is 0.865. The molecule has 0 aliphatic rings. The lowest BCUT2D eigenvalue weighted by molar-refractivity contribution is 0.141. The van der Waals surface area contributed by atoms with Gasteiger partial charge in [0.1, 0.15) is 5.82 Å². The zero-order valence-electron chi connectivity index (χ0n) is 11.4. The van der Waals surface area contributed by atoms with Gasteiger partial charge in [0.05, 0.1) is 22.7 Å². The van der Waals surface area contributed by atoms with Gasteiger partial charge in [0, 0.05) is 32.5 Å². The molecule has 0 N–H and O–H groups in total. The number of rotatable bonds is 9. The third-order valence-corrected chi connectivity index (χ3v) is 3.30. The number of halogens is 2. The second-order valence-corrected chi connectivity index (χ2v) is 5.13. The highest BCUT2D eigenvalue weighted by molar-refractivity contribution is 9.10. The van der Waals surface area contributed by atoms with Crippen molar-refractivity contribution in [2.24, 2.45) is 0 Å². The molecule has 1 aromatic heterocycles. The molecule has 0 radical (unpaired) electrons. The first kappa shape index (κ1) is 16.7. The first-order chi connectivity index (χ1) is 9.19. The molecule has 19 heavy (non-hydrogen) atoms. The lowest BCUT2D eigenvalue weighted by atomic mass is 10.4. The Hall–Kier alpha value is -0.360. The second-order valence-electron chi connectivity index (χ2n) is 3.84. The predicted octanol–water partition coefficient (Wildman–Crippen LogP) is 3.38. The summed E-state index contributed by atoms with van der Waals surface area (Å²) in [5, 5.41) is 0.616. The van der Waals surface area contributed by atoms with Crippen LogP contribution in [0.5, 0.6) is 0 Å². The third-order valence-electron chi connectivity index (χ3n) is 2.51. The van der Waals surface area contributed by atoms with E-state index in [0.29, 0.717) is 31.5 Å². The van der Waals surface area contributed by atoms with Crippen LogP contribution in [0.4, 0.5) is 5.82 Å². The van der Waals surface area contributed by atoms with Crippen LogP contribution in [0, 0.1) is 0 Å². The van der Waals surface area contributed by atoms with Crippen LogP contribution in [0.15, 0.2) is 16.7 Å². The summed E-state index contributed by atoms with van der Waals surface area (Å²) in [6.45, 7) is 8.28. The molecule has 0 atom stereocenters. The van der Waals surface area contributed by atoms with Crippen LogP contribution in [0.3, 0.4) is 0 Å². The Morgan fingerprint density at radius 1 is 1.21 bits per heavy atom. The molecule has 0 saturated carbocycles. The summed E-state index contributed by atoms with van der Waals surface area (Å²) >= 11 is 9.41. The number of nitrogens with zero attached hydrogens (tertiary/aromatic N) is 2.